The van der Waals surface area contributed by atoms with E-state index in [-0.39, 0.29) is 10.8 Å². The molecular formula is C12H16O4S. The Balaban J connectivity index is 3.28. The van der Waals surface area contributed by atoms with Crippen LogP contribution in [-0.2, 0) is 14.6 Å². The average molecular weight is 256 g/mol. The van der Waals surface area contributed by atoms with Crippen LogP contribution < -0.4 is 0 Å². The minimum atomic E-state index is -3.30. The molecule has 4 nitrogen and oxygen atoms in total. The fourth-order valence-corrected chi connectivity index (χ4v) is 2.43. The number of carbonyl (C=O) groups is 1. The Morgan fingerprint density at radius 3 is 2.29 bits per heavy atom. The van der Waals surface area contributed by atoms with Gasteiger partial charge in [0.1, 0.15) is 0 Å². The molecule has 0 aliphatic rings. The molecule has 0 aromatic heterocycles. The molecule has 0 radical (unpaired) electrons. The van der Waals surface area contributed by atoms with Gasteiger partial charge in [0.25, 0.3) is 0 Å². The predicted molar refractivity (Wildman–Crippen MR) is 64.8 cm³/mol. The van der Waals surface area contributed by atoms with E-state index >= 15 is 0 Å². The van der Waals surface area contributed by atoms with Gasteiger partial charge in [0.15, 0.2) is 9.84 Å². The lowest BCUT2D eigenvalue weighted by Crippen LogP contribution is -2.17. The van der Waals surface area contributed by atoms with E-state index < -0.39 is 21.7 Å². The number of hydrogen-bond donors (Lipinski definition) is 1. The van der Waals surface area contributed by atoms with E-state index in [9.17, 15) is 13.2 Å². The van der Waals surface area contributed by atoms with Gasteiger partial charge in [-0.25, -0.2) is 8.42 Å². The molecule has 0 amide bonds. The first-order chi connectivity index (χ1) is 7.73. The van der Waals surface area contributed by atoms with Crippen molar-refractivity contribution in [3.05, 3.63) is 29.8 Å². The van der Waals surface area contributed by atoms with Crippen LogP contribution in [0.5, 0.6) is 0 Å². The topological polar surface area (TPSA) is 71.4 Å². The number of carboxylic acid groups (broad SMARTS) is 1. The summed E-state index contributed by atoms with van der Waals surface area (Å²) >= 11 is 0. The average Bonchev–Trinajstić information content (AvgIpc) is 2.15. The van der Waals surface area contributed by atoms with Crippen molar-refractivity contribution in [3.63, 3.8) is 0 Å². The minimum absolute atomic E-state index is 0.0951. The first kappa shape index (κ1) is 13.7. The summed E-state index contributed by atoms with van der Waals surface area (Å²) in [4.78, 5) is 11.3. The second-order valence-corrected chi connectivity index (χ2v) is 6.42. The standard InChI is InChI=1S/C12H16O4S/c1-8(2)11(12(13)14)9-5-4-6-10(7-9)17(3,15)16/h4-8,11H,1-3H3,(H,13,14). The van der Waals surface area contributed by atoms with Crippen molar-refractivity contribution in [2.75, 3.05) is 6.26 Å². The molecule has 17 heavy (non-hydrogen) atoms. The zero-order chi connectivity index (χ0) is 13.2. The van der Waals surface area contributed by atoms with Gasteiger partial charge in [-0.1, -0.05) is 26.0 Å². The van der Waals surface area contributed by atoms with Crippen LogP contribution in [-0.4, -0.2) is 25.7 Å². The van der Waals surface area contributed by atoms with Gasteiger partial charge in [0.05, 0.1) is 10.8 Å². The summed E-state index contributed by atoms with van der Waals surface area (Å²) < 4.78 is 22.8. The molecule has 1 N–H and O–H groups in total. The van der Waals surface area contributed by atoms with Crippen molar-refractivity contribution < 1.29 is 18.3 Å². The lowest BCUT2D eigenvalue weighted by atomic mass is 9.89. The molecule has 0 fully saturated rings. The summed E-state index contributed by atoms with van der Waals surface area (Å²) in [6.07, 6.45) is 1.11. The highest BCUT2D eigenvalue weighted by molar-refractivity contribution is 7.90. The molecule has 1 aromatic rings. The van der Waals surface area contributed by atoms with Gasteiger partial charge in [-0.3, -0.25) is 4.79 Å². The molecule has 94 valence electrons. The molecule has 1 aromatic carbocycles. The van der Waals surface area contributed by atoms with E-state index in [1.165, 1.54) is 12.1 Å². The van der Waals surface area contributed by atoms with Gasteiger partial charge in [-0.2, -0.15) is 0 Å². The lowest BCUT2D eigenvalue weighted by Gasteiger charge is -2.17. The van der Waals surface area contributed by atoms with Gasteiger partial charge >= 0.3 is 5.97 Å². The van der Waals surface area contributed by atoms with Gasteiger partial charge in [0.2, 0.25) is 0 Å². The van der Waals surface area contributed by atoms with Crippen molar-refractivity contribution >= 4 is 15.8 Å². The van der Waals surface area contributed by atoms with E-state index in [1.54, 1.807) is 26.0 Å². The van der Waals surface area contributed by atoms with Crippen LogP contribution in [0.4, 0.5) is 0 Å². The molecule has 0 spiro atoms. The molecule has 1 atom stereocenters. The Kier molecular flexibility index (Phi) is 3.93. The number of rotatable bonds is 4. The number of benzene rings is 1. The maximum Gasteiger partial charge on any atom is 0.311 e. The molecule has 1 unspecified atom stereocenters. The van der Waals surface area contributed by atoms with Crippen LogP contribution in [0.1, 0.15) is 25.3 Å². The van der Waals surface area contributed by atoms with Crippen LogP contribution in [0.2, 0.25) is 0 Å². The van der Waals surface area contributed by atoms with Gasteiger partial charge in [0, 0.05) is 6.26 Å². The number of carboxylic acids is 1. The fourth-order valence-electron chi connectivity index (χ4n) is 1.75. The van der Waals surface area contributed by atoms with E-state index in [4.69, 9.17) is 5.11 Å². The smallest absolute Gasteiger partial charge is 0.311 e. The van der Waals surface area contributed by atoms with Crippen LogP contribution in [0.3, 0.4) is 0 Å². The molecule has 0 heterocycles. The Morgan fingerprint density at radius 1 is 1.29 bits per heavy atom. The first-order valence-corrected chi connectivity index (χ1v) is 7.15. The van der Waals surface area contributed by atoms with Crippen molar-refractivity contribution in [1.82, 2.24) is 0 Å². The van der Waals surface area contributed by atoms with Gasteiger partial charge < -0.3 is 5.11 Å². The quantitative estimate of drug-likeness (QED) is 0.893. The minimum Gasteiger partial charge on any atom is -0.481 e. The molecule has 1 rings (SSSR count). The zero-order valence-electron chi connectivity index (χ0n) is 10.0. The molecular weight excluding hydrogens is 240 g/mol. The third kappa shape index (κ3) is 3.30. The monoisotopic (exact) mass is 256 g/mol. The van der Waals surface area contributed by atoms with Crippen molar-refractivity contribution in [3.8, 4) is 0 Å². The molecule has 5 heteroatoms. The van der Waals surface area contributed by atoms with Crippen LogP contribution in [0.25, 0.3) is 0 Å². The second kappa shape index (κ2) is 4.87. The molecule has 0 aliphatic carbocycles. The summed E-state index contributed by atoms with van der Waals surface area (Å²) in [5, 5.41) is 9.14. The Labute approximate surface area is 101 Å². The van der Waals surface area contributed by atoms with E-state index in [0.717, 1.165) is 6.26 Å². The third-order valence-corrected chi connectivity index (χ3v) is 3.69. The Bertz CT molecular complexity index is 517. The van der Waals surface area contributed by atoms with Crippen LogP contribution in [0.15, 0.2) is 29.2 Å². The SMILES string of the molecule is CC(C)C(C(=O)O)c1cccc(S(C)(=O)=O)c1. The number of hydrogen-bond acceptors (Lipinski definition) is 3. The largest absolute Gasteiger partial charge is 0.481 e. The van der Waals surface area contributed by atoms with E-state index in [1.807, 2.05) is 0 Å². The normalized spacial score (nSPS) is 13.6. The highest BCUT2D eigenvalue weighted by atomic mass is 32.2. The molecule has 0 bridgehead atoms. The van der Waals surface area contributed by atoms with Crippen molar-refractivity contribution in [2.24, 2.45) is 5.92 Å². The predicted octanol–water partition coefficient (Wildman–Crippen LogP) is 1.91. The fraction of sp³-hybridized carbons (Fsp3) is 0.417. The number of sulfone groups is 1. The Morgan fingerprint density at radius 2 is 1.88 bits per heavy atom. The summed E-state index contributed by atoms with van der Waals surface area (Å²) in [5.74, 6) is -1.72. The van der Waals surface area contributed by atoms with Crippen LogP contribution >= 0.6 is 0 Å². The summed E-state index contributed by atoms with van der Waals surface area (Å²) in [6, 6.07) is 6.13. The molecule has 0 saturated carbocycles. The lowest BCUT2D eigenvalue weighted by molar-refractivity contribution is -0.139. The molecule has 0 aliphatic heterocycles. The van der Waals surface area contributed by atoms with Crippen molar-refractivity contribution in [1.29, 1.82) is 0 Å². The zero-order valence-corrected chi connectivity index (χ0v) is 10.9. The van der Waals surface area contributed by atoms with Crippen molar-refractivity contribution in [2.45, 2.75) is 24.7 Å². The third-order valence-electron chi connectivity index (χ3n) is 2.58. The van der Waals surface area contributed by atoms with Gasteiger partial charge in [-0.15, -0.1) is 0 Å². The number of aliphatic carboxylic acids is 1. The Hall–Kier alpha value is -1.36. The second-order valence-electron chi connectivity index (χ2n) is 4.40. The van der Waals surface area contributed by atoms with E-state index in [2.05, 4.69) is 0 Å². The van der Waals surface area contributed by atoms with Gasteiger partial charge in [-0.05, 0) is 23.6 Å². The molecule has 0 saturated heterocycles. The summed E-state index contributed by atoms with van der Waals surface area (Å²) in [6.45, 7) is 3.60. The van der Waals surface area contributed by atoms with E-state index in [0.29, 0.717) is 5.56 Å². The maximum absolute atomic E-state index is 11.4. The maximum atomic E-state index is 11.4. The highest BCUT2D eigenvalue weighted by Crippen LogP contribution is 2.26. The highest BCUT2D eigenvalue weighted by Gasteiger charge is 2.24. The first-order valence-electron chi connectivity index (χ1n) is 5.26. The summed E-state index contributed by atoms with van der Waals surface area (Å²) in [5.41, 5.74) is 0.524. The summed E-state index contributed by atoms with van der Waals surface area (Å²) in [7, 11) is -3.30. The van der Waals surface area contributed by atoms with Crippen LogP contribution in [0, 0.1) is 5.92 Å².